The van der Waals surface area contributed by atoms with Crippen molar-refractivity contribution in [1.82, 2.24) is 0 Å². The van der Waals surface area contributed by atoms with Crippen LogP contribution in [-0.4, -0.2) is 21.2 Å². The molecule has 0 fully saturated rings. The third kappa shape index (κ3) is 3.76. The van der Waals surface area contributed by atoms with Crippen molar-refractivity contribution < 1.29 is 13.6 Å². The molecule has 5 aromatic rings. The monoisotopic (exact) mass is 439 g/mol. The first-order chi connectivity index (χ1) is 15.9. The Labute approximate surface area is 189 Å². The number of rotatable bonds is 4. The molecule has 0 spiro atoms. The van der Waals surface area contributed by atoms with E-state index in [0.29, 0.717) is 27.9 Å². The quantitative estimate of drug-likeness (QED) is 0.354. The minimum absolute atomic E-state index is 0.430. The second-order valence-electron chi connectivity index (χ2n) is 7.98. The van der Waals surface area contributed by atoms with Crippen LogP contribution in [0, 0.1) is 0 Å². The molecular weight excluding hydrogens is 418 g/mol. The Morgan fingerprint density at radius 3 is 2.21 bits per heavy atom. The summed E-state index contributed by atoms with van der Waals surface area (Å²) in [7, 11) is 5.47. The van der Waals surface area contributed by atoms with Crippen molar-refractivity contribution in [3.63, 3.8) is 0 Å². The van der Waals surface area contributed by atoms with Gasteiger partial charge in [-0.2, -0.15) is 0 Å². The molecule has 6 nitrogen and oxygen atoms in total. The Kier molecular flexibility index (Phi) is 4.98. The number of methoxy groups -OCH3 is 1. The van der Waals surface area contributed by atoms with Crippen LogP contribution in [0.15, 0.2) is 91.2 Å². The summed E-state index contributed by atoms with van der Waals surface area (Å²) in [6, 6.07) is 21.8. The molecule has 6 heteroatoms. The standard InChI is InChI=1S/C27H21NO5/c1-28(2)19-8-4-18-13-22(27(30)33-25(18)14-19)17-7-11-24-23(12-17)21(15-26(29)32-24)16-5-9-20(31-3)10-6-16/h4-15H,1-3H3. The number of hydrogen-bond donors (Lipinski definition) is 0. The van der Waals surface area contributed by atoms with Crippen LogP contribution in [0.25, 0.3) is 44.2 Å². The minimum atomic E-state index is -0.442. The van der Waals surface area contributed by atoms with Crippen LogP contribution in [0.5, 0.6) is 5.75 Å². The van der Waals surface area contributed by atoms with E-state index in [9.17, 15) is 9.59 Å². The van der Waals surface area contributed by atoms with Crippen LogP contribution in [0.2, 0.25) is 0 Å². The Morgan fingerprint density at radius 1 is 0.727 bits per heavy atom. The molecule has 0 atom stereocenters. The van der Waals surface area contributed by atoms with E-state index in [0.717, 1.165) is 27.8 Å². The van der Waals surface area contributed by atoms with Crippen LogP contribution >= 0.6 is 0 Å². The van der Waals surface area contributed by atoms with E-state index in [2.05, 4.69) is 0 Å². The van der Waals surface area contributed by atoms with E-state index in [1.807, 2.05) is 73.6 Å². The van der Waals surface area contributed by atoms with Gasteiger partial charge in [0.15, 0.2) is 0 Å². The molecule has 3 aromatic carbocycles. The molecule has 2 heterocycles. The van der Waals surface area contributed by atoms with Crippen molar-refractivity contribution in [2.45, 2.75) is 0 Å². The van der Waals surface area contributed by atoms with E-state index in [4.69, 9.17) is 13.6 Å². The molecule has 0 saturated carbocycles. The van der Waals surface area contributed by atoms with Gasteiger partial charge < -0.3 is 18.5 Å². The van der Waals surface area contributed by atoms with Gasteiger partial charge in [-0.05, 0) is 59.2 Å². The van der Waals surface area contributed by atoms with Gasteiger partial charge in [0.05, 0.1) is 12.7 Å². The molecule has 0 N–H and O–H groups in total. The zero-order chi connectivity index (χ0) is 23.1. The molecule has 2 aromatic heterocycles. The van der Waals surface area contributed by atoms with Gasteiger partial charge in [0, 0.05) is 42.7 Å². The van der Waals surface area contributed by atoms with E-state index in [1.54, 1.807) is 19.2 Å². The molecule has 0 amide bonds. The average molecular weight is 439 g/mol. The molecular formula is C27H21NO5. The van der Waals surface area contributed by atoms with Gasteiger partial charge in [-0.3, -0.25) is 0 Å². The minimum Gasteiger partial charge on any atom is -0.497 e. The summed E-state index contributed by atoms with van der Waals surface area (Å²) in [6.45, 7) is 0. The molecule has 0 aliphatic heterocycles. The van der Waals surface area contributed by atoms with Gasteiger partial charge in [0.25, 0.3) is 0 Å². The number of anilines is 1. The molecule has 33 heavy (non-hydrogen) atoms. The van der Waals surface area contributed by atoms with Gasteiger partial charge in [-0.15, -0.1) is 0 Å². The molecule has 0 saturated heterocycles. The molecule has 0 radical (unpaired) electrons. The first-order valence-electron chi connectivity index (χ1n) is 10.4. The maximum absolute atomic E-state index is 12.9. The fourth-order valence-electron chi connectivity index (χ4n) is 3.92. The largest absolute Gasteiger partial charge is 0.497 e. The van der Waals surface area contributed by atoms with E-state index in [1.165, 1.54) is 6.07 Å². The Balaban J connectivity index is 1.69. The number of ether oxygens (including phenoxy) is 1. The maximum atomic E-state index is 12.9. The van der Waals surface area contributed by atoms with Crippen LogP contribution in [0.3, 0.4) is 0 Å². The smallest absolute Gasteiger partial charge is 0.344 e. The van der Waals surface area contributed by atoms with Crippen molar-refractivity contribution >= 4 is 27.6 Å². The molecule has 0 bridgehead atoms. The summed E-state index contributed by atoms with van der Waals surface area (Å²) in [4.78, 5) is 27.0. The van der Waals surface area contributed by atoms with Gasteiger partial charge in [0.2, 0.25) is 0 Å². The fourth-order valence-corrected chi connectivity index (χ4v) is 3.92. The van der Waals surface area contributed by atoms with Crippen molar-refractivity contribution in [1.29, 1.82) is 0 Å². The van der Waals surface area contributed by atoms with Crippen LogP contribution in [0.1, 0.15) is 0 Å². The molecule has 0 aliphatic rings. The molecule has 164 valence electrons. The zero-order valence-electron chi connectivity index (χ0n) is 18.4. The highest BCUT2D eigenvalue weighted by atomic mass is 16.5. The van der Waals surface area contributed by atoms with Gasteiger partial charge >= 0.3 is 11.3 Å². The number of fused-ring (bicyclic) bond motifs is 2. The summed E-state index contributed by atoms with van der Waals surface area (Å²) >= 11 is 0. The maximum Gasteiger partial charge on any atom is 0.344 e. The predicted octanol–water partition coefficient (Wildman–Crippen LogP) is 5.31. The first kappa shape index (κ1) is 20.6. The SMILES string of the molecule is COc1ccc(-c2cc(=O)oc3ccc(-c4cc5ccc(N(C)C)cc5oc4=O)cc23)cc1. The van der Waals surface area contributed by atoms with Crippen molar-refractivity contribution in [3.05, 3.63) is 93.6 Å². The number of hydrogen-bond acceptors (Lipinski definition) is 6. The highest BCUT2D eigenvalue weighted by Crippen LogP contribution is 2.32. The van der Waals surface area contributed by atoms with Crippen LogP contribution in [0.4, 0.5) is 5.69 Å². The molecule has 0 unspecified atom stereocenters. The summed E-state index contributed by atoms with van der Waals surface area (Å²) in [6.07, 6.45) is 0. The summed E-state index contributed by atoms with van der Waals surface area (Å²) in [5, 5.41) is 1.55. The van der Waals surface area contributed by atoms with E-state index in [-0.39, 0.29) is 0 Å². The van der Waals surface area contributed by atoms with Crippen molar-refractivity contribution in [3.8, 4) is 28.0 Å². The average Bonchev–Trinajstić information content (AvgIpc) is 2.82. The topological polar surface area (TPSA) is 72.9 Å². The lowest BCUT2D eigenvalue weighted by atomic mass is 9.98. The molecule has 5 rings (SSSR count). The Morgan fingerprint density at radius 2 is 1.48 bits per heavy atom. The summed E-state index contributed by atoms with van der Waals surface area (Å²) in [5.74, 6) is 0.720. The van der Waals surface area contributed by atoms with Crippen LogP contribution < -0.4 is 20.9 Å². The van der Waals surface area contributed by atoms with Crippen molar-refractivity contribution in [2.24, 2.45) is 0 Å². The summed E-state index contributed by atoms with van der Waals surface area (Å²) < 4.78 is 16.3. The highest BCUT2D eigenvalue weighted by Gasteiger charge is 2.13. The number of nitrogens with zero attached hydrogens (tertiary/aromatic N) is 1. The lowest BCUT2D eigenvalue weighted by Gasteiger charge is -2.13. The Bertz CT molecular complexity index is 1610. The zero-order valence-corrected chi connectivity index (χ0v) is 18.4. The normalized spacial score (nSPS) is 11.1. The Hall–Kier alpha value is -4.32. The lowest BCUT2D eigenvalue weighted by Crippen LogP contribution is -2.09. The first-order valence-corrected chi connectivity index (χ1v) is 10.4. The second-order valence-corrected chi connectivity index (χ2v) is 7.98. The summed E-state index contributed by atoms with van der Waals surface area (Å²) in [5.41, 5.74) is 3.72. The van der Waals surface area contributed by atoms with Crippen LogP contribution in [-0.2, 0) is 0 Å². The van der Waals surface area contributed by atoms with Gasteiger partial charge in [-0.25, -0.2) is 9.59 Å². The molecule has 0 aliphatic carbocycles. The van der Waals surface area contributed by atoms with E-state index < -0.39 is 11.3 Å². The van der Waals surface area contributed by atoms with E-state index >= 15 is 0 Å². The third-order valence-electron chi connectivity index (χ3n) is 5.69. The van der Waals surface area contributed by atoms with Crippen molar-refractivity contribution in [2.75, 3.05) is 26.1 Å². The highest BCUT2D eigenvalue weighted by molar-refractivity contribution is 5.96. The van der Waals surface area contributed by atoms with Gasteiger partial charge in [-0.1, -0.05) is 18.2 Å². The number of benzene rings is 3. The third-order valence-corrected chi connectivity index (χ3v) is 5.69. The lowest BCUT2D eigenvalue weighted by molar-refractivity contribution is 0.415. The van der Waals surface area contributed by atoms with Gasteiger partial charge in [0.1, 0.15) is 16.9 Å². The predicted molar refractivity (Wildman–Crippen MR) is 130 cm³/mol. The fraction of sp³-hybridized carbons (Fsp3) is 0.111. The second kappa shape index (κ2) is 7.98.